The summed E-state index contributed by atoms with van der Waals surface area (Å²) in [4.78, 5) is 42.3. The van der Waals surface area contributed by atoms with Crippen molar-refractivity contribution in [3.63, 3.8) is 0 Å². The highest BCUT2D eigenvalue weighted by Crippen LogP contribution is 2.16. The van der Waals surface area contributed by atoms with Gasteiger partial charge in [-0.1, -0.05) is 18.3 Å². The summed E-state index contributed by atoms with van der Waals surface area (Å²) in [5.74, 6) is -0.640. The van der Waals surface area contributed by atoms with Gasteiger partial charge in [-0.05, 0) is 12.8 Å². The minimum absolute atomic E-state index is 0.126. The Balaban J connectivity index is 1.65. The van der Waals surface area contributed by atoms with Crippen LogP contribution in [0.15, 0.2) is 10.9 Å². The largest absolute Gasteiger partial charge is 0.391 e. The number of carbonyl (C=O) groups excluding carboxylic acids is 2. The molecule has 2 aromatic heterocycles. The summed E-state index contributed by atoms with van der Waals surface area (Å²) in [5.41, 5.74) is 0.421. The summed E-state index contributed by atoms with van der Waals surface area (Å²) in [6.45, 7) is 4.68. The minimum Gasteiger partial charge on any atom is -0.391 e. The number of aromatic nitrogens is 3. The van der Waals surface area contributed by atoms with Gasteiger partial charge in [0.1, 0.15) is 5.01 Å². The zero-order valence-electron chi connectivity index (χ0n) is 15.8. The Morgan fingerprint density at radius 2 is 2.21 bits per heavy atom. The highest BCUT2D eigenvalue weighted by molar-refractivity contribution is 7.16. The van der Waals surface area contributed by atoms with Crippen LogP contribution in [0.2, 0.25) is 0 Å². The number of amides is 2. The molecular formula is C17H24N6O4S. The fourth-order valence-corrected chi connectivity index (χ4v) is 3.96. The van der Waals surface area contributed by atoms with Gasteiger partial charge in [0.15, 0.2) is 0 Å². The van der Waals surface area contributed by atoms with Crippen molar-refractivity contribution in [1.29, 1.82) is 0 Å². The van der Waals surface area contributed by atoms with E-state index in [0.717, 1.165) is 11.4 Å². The van der Waals surface area contributed by atoms with Crippen molar-refractivity contribution in [3.8, 4) is 0 Å². The monoisotopic (exact) mass is 408 g/mol. The lowest BCUT2D eigenvalue weighted by atomic mass is 10.0. The van der Waals surface area contributed by atoms with Crippen LogP contribution in [-0.2, 0) is 22.6 Å². The lowest BCUT2D eigenvalue weighted by Gasteiger charge is -2.36. The van der Waals surface area contributed by atoms with Crippen molar-refractivity contribution >= 4 is 28.1 Å². The molecule has 2 aromatic rings. The number of likely N-dealkylation sites (tertiary alicyclic amines) is 1. The van der Waals surface area contributed by atoms with Gasteiger partial charge in [-0.3, -0.25) is 19.3 Å². The molecule has 3 rings (SSSR count). The van der Waals surface area contributed by atoms with Gasteiger partial charge >= 0.3 is 0 Å². The van der Waals surface area contributed by atoms with Crippen molar-refractivity contribution in [1.82, 2.24) is 30.1 Å². The van der Waals surface area contributed by atoms with Crippen LogP contribution in [0.25, 0.3) is 4.96 Å². The number of carbonyl (C=O) groups is 2. The zero-order chi connectivity index (χ0) is 20.3. The molecular weight excluding hydrogens is 384 g/mol. The van der Waals surface area contributed by atoms with Crippen molar-refractivity contribution < 1.29 is 14.7 Å². The van der Waals surface area contributed by atoms with Crippen molar-refractivity contribution in [2.45, 2.75) is 45.4 Å². The molecule has 1 aliphatic heterocycles. The highest BCUT2D eigenvalue weighted by atomic mass is 32.1. The van der Waals surface area contributed by atoms with Gasteiger partial charge in [-0.25, -0.2) is 4.98 Å². The average molecular weight is 408 g/mol. The molecule has 3 N–H and O–H groups in total. The molecule has 1 aliphatic rings. The molecule has 152 valence electrons. The molecule has 0 aromatic carbocycles. The maximum absolute atomic E-state index is 12.3. The van der Waals surface area contributed by atoms with Crippen LogP contribution in [0.4, 0.5) is 0 Å². The molecule has 3 heterocycles. The Hall–Kier alpha value is -2.37. The van der Waals surface area contributed by atoms with Crippen LogP contribution < -0.4 is 16.2 Å². The lowest BCUT2D eigenvalue weighted by molar-refractivity contribution is -0.126. The predicted molar refractivity (Wildman–Crippen MR) is 103 cm³/mol. The summed E-state index contributed by atoms with van der Waals surface area (Å²) in [6, 6.07) is 1.02. The van der Waals surface area contributed by atoms with E-state index >= 15 is 0 Å². The first-order valence-electron chi connectivity index (χ1n) is 9.18. The Morgan fingerprint density at radius 3 is 2.93 bits per heavy atom. The van der Waals surface area contributed by atoms with Crippen molar-refractivity contribution in [2.24, 2.45) is 0 Å². The van der Waals surface area contributed by atoms with Crippen LogP contribution in [0.5, 0.6) is 0 Å². The van der Waals surface area contributed by atoms with Gasteiger partial charge in [-0.2, -0.15) is 9.61 Å². The van der Waals surface area contributed by atoms with Crippen LogP contribution >= 0.6 is 11.3 Å². The molecule has 1 fully saturated rings. The SMILES string of the molecule is CCc1nn2c(=O)cc(CN3CC[C@H](O)[C@H](NC(=O)CNC(C)=O)C3)nc2s1. The average Bonchev–Trinajstić information content (AvgIpc) is 3.06. The number of rotatable bonds is 6. The van der Waals surface area contributed by atoms with E-state index in [1.807, 2.05) is 11.8 Å². The Morgan fingerprint density at radius 1 is 1.43 bits per heavy atom. The summed E-state index contributed by atoms with van der Waals surface area (Å²) < 4.78 is 1.32. The molecule has 11 heteroatoms. The second-order valence-corrected chi connectivity index (χ2v) is 7.84. The number of hydrogen-bond acceptors (Lipinski definition) is 8. The molecule has 2 amide bonds. The van der Waals surface area contributed by atoms with Crippen LogP contribution in [0, 0.1) is 0 Å². The quantitative estimate of drug-likeness (QED) is 0.553. The first kappa shape index (κ1) is 20.4. The second-order valence-electron chi connectivity index (χ2n) is 6.80. The third-order valence-corrected chi connectivity index (χ3v) is 5.59. The molecule has 1 saturated heterocycles. The third-order valence-electron chi connectivity index (χ3n) is 4.53. The topological polar surface area (TPSA) is 129 Å². The van der Waals surface area contributed by atoms with Gasteiger partial charge < -0.3 is 15.7 Å². The molecule has 10 nitrogen and oxygen atoms in total. The fraction of sp³-hybridized carbons (Fsp3) is 0.588. The second kappa shape index (κ2) is 8.76. The zero-order valence-corrected chi connectivity index (χ0v) is 16.7. The van der Waals surface area contributed by atoms with Crippen LogP contribution in [0.3, 0.4) is 0 Å². The van der Waals surface area contributed by atoms with Gasteiger partial charge in [0.2, 0.25) is 16.8 Å². The first-order chi connectivity index (χ1) is 13.4. The van der Waals surface area contributed by atoms with Gasteiger partial charge in [0.05, 0.1) is 24.4 Å². The molecule has 0 bridgehead atoms. The van der Waals surface area contributed by atoms with E-state index < -0.39 is 12.1 Å². The van der Waals surface area contributed by atoms with E-state index in [1.165, 1.54) is 28.8 Å². The van der Waals surface area contributed by atoms with E-state index in [4.69, 9.17) is 0 Å². The smallest absolute Gasteiger partial charge is 0.275 e. The Bertz CT molecular complexity index is 926. The third kappa shape index (κ3) is 4.91. The van der Waals surface area contributed by atoms with Crippen LogP contribution in [0.1, 0.15) is 31.0 Å². The normalized spacial score (nSPS) is 20.2. The highest BCUT2D eigenvalue weighted by Gasteiger charge is 2.29. The summed E-state index contributed by atoms with van der Waals surface area (Å²) in [5, 5.41) is 20.5. The van der Waals surface area contributed by atoms with Crippen molar-refractivity contribution in [2.75, 3.05) is 19.6 Å². The lowest BCUT2D eigenvalue weighted by Crippen LogP contribution is -2.56. The van der Waals surface area contributed by atoms with E-state index in [9.17, 15) is 19.5 Å². The van der Waals surface area contributed by atoms with E-state index in [0.29, 0.717) is 36.7 Å². The molecule has 0 spiro atoms. The number of piperidine rings is 1. The van der Waals surface area contributed by atoms with Crippen molar-refractivity contribution in [3.05, 3.63) is 27.1 Å². The van der Waals surface area contributed by atoms with E-state index in [-0.39, 0.29) is 23.9 Å². The van der Waals surface area contributed by atoms with Crippen LogP contribution in [-0.4, -0.2) is 68.2 Å². The Labute approximate surface area is 165 Å². The first-order valence-corrected chi connectivity index (χ1v) is 10.00. The number of fused-ring (bicyclic) bond motifs is 1. The number of aliphatic hydroxyl groups is 1. The fourth-order valence-electron chi connectivity index (χ4n) is 3.10. The Kier molecular flexibility index (Phi) is 6.37. The minimum atomic E-state index is -0.660. The van der Waals surface area contributed by atoms with Gasteiger partial charge in [-0.15, -0.1) is 0 Å². The molecule has 0 radical (unpaired) electrons. The summed E-state index contributed by atoms with van der Waals surface area (Å²) in [7, 11) is 0. The standard InChI is InChI=1S/C17H24N6O4S/c1-3-15-21-23-16(27)6-11(19-17(23)28-15)8-22-5-4-13(25)12(9-22)20-14(26)7-18-10(2)24/h6,12-13,25H,3-5,7-9H2,1-2H3,(H,18,24)(H,20,26)/t12-,13+/m1/s1. The molecule has 0 aliphatic carbocycles. The number of nitrogens with one attached hydrogen (secondary N) is 2. The molecule has 0 saturated carbocycles. The molecule has 28 heavy (non-hydrogen) atoms. The van der Waals surface area contributed by atoms with Gasteiger partial charge in [0.25, 0.3) is 5.56 Å². The number of aliphatic hydroxyl groups excluding tert-OH is 1. The van der Waals surface area contributed by atoms with E-state index in [2.05, 4.69) is 20.7 Å². The predicted octanol–water partition coefficient (Wildman–Crippen LogP) is -1.10. The molecule has 2 atom stereocenters. The molecule has 0 unspecified atom stereocenters. The van der Waals surface area contributed by atoms with Gasteiger partial charge in [0, 0.05) is 32.6 Å². The maximum Gasteiger partial charge on any atom is 0.275 e. The summed E-state index contributed by atoms with van der Waals surface area (Å²) >= 11 is 1.40. The number of hydrogen-bond donors (Lipinski definition) is 3. The van der Waals surface area contributed by atoms with E-state index in [1.54, 1.807) is 0 Å². The maximum atomic E-state index is 12.3. The summed E-state index contributed by atoms with van der Waals surface area (Å²) in [6.07, 6.45) is 0.576. The number of aryl methyl sites for hydroxylation is 1. The number of nitrogens with zero attached hydrogens (tertiary/aromatic N) is 4.